The highest BCUT2D eigenvalue weighted by molar-refractivity contribution is 5.65. The first-order valence-corrected chi connectivity index (χ1v) is 9.04. The van der Waals surface area contributed by atoms with E-state index in [1.54, 1.807) is 21.3 Å². The molecule has 0 amide bonds. The molecule has 0 bridgehead atoms. The lowest BCUT2D eigenvalue weighted by atomic mass is 10.0. The van der Waals surface area contributed by atoms with Gasteiger partial charge in [0.1, 0.15) is 5.75 Å². The standard InChI is InChI=1S/C21H27NO4/c1-6-22(7-2)16-10-11-17-14(12-16)8-9-15-13-18(23-3)20(24-4)21(25-5)19(15)26-17/h10-13H,6-9H2,1-5H3. The number of ether oxygens (including phenoxy) is 4. The number of benzene rings is 2. The van der Waals surface area contributed by atoms with Crippen LogP contribution >= 0.6 is 0 Å². The summed E-state index contributed by atoms with van der Waals surface area (Å²) in [5.41, 5.74) is 3.48. The van der Waals surface area contributed by atoms with Gasteiger partial charge in [0.05, 0.1) is 21.3 Å². The van der Waals surface area contributed by atoms with Gasteiger partial charge in [-0.25, -0.2) is 0 Å². The number of methoxy groups -OCH3 is 3. The molecule has 0 spiro atoms. The van der Waals surface area contributed by atoms with Gasteiger partial charge < -0.3 is 23.8 Å². The summed E-state index contributed by atoms with van der Waals surface area (Å²) in [4.78, 5) is 2.34. The smallest absolute Gasteiger partial charge is 0.208 e. The van der Waals surface area contributed by atoms with Crippen LogP contribution in [0.3, 0.4) is 0 Å². The molecule has 2 aromatic rings. The zero-order valence-electron chi connectivity index (χ0n) is 16.2. The van der Waals surface area contributed by atoms with Gasteiger partial charge in [-0.3, -0.25) is 0 Å². The van der Waals surface area contributed by atoms with Crippen molar-refractivity contribution in [1.82, 2.24) is 0 Å². The van der Waals surface area contributed by atoms with Crippen molar-refractivity contribution >= 4 is 5.69 Å². The number of rotatable bonds is 6. The summed E-state index contributed by atoms with van der Waals surface area (Å²) in [6.07, 6.45) is 1.75. The highest BCUT2D eigenvalue weighted by Gasteiger charge is 2.25. The van der Waals surface area contributed by atoms with E-state index in [1.165, 1.54) is 11.3 Å². The second-order valence-electron chi connectivity index (χ2n) is 6.20. The molecule has 5 heteroatoms. The number of anilines is 1. The molecule has 0 saturated carbocycles. The zero-order valence-corrected chi connectivity index (χ0v) is 16.2. The van der Waals surface area contributed by atoms with Crippen LogP contribution in [0.2, 0.25) is 0 Å². The third-order valence-electron chi connectivity index (χ3n) is 4.91. The Morgan fingerprint density at radius 3 is 2.19 bits per heavy atom. The van der Waals surface area contributed by atoms with Gasteiger partial charge in [0.15, 0.2) is 11.5 Å². The topological polar surface area (TPSA) is 40.2 Å². The van der Waals surface area contributed by atoms with Crippen LogP contribution in [-0.2, 0) is 12.8 Å². The van der Waals surface area contributed by atoms with E-state index in [2.05, 4.69) is 30.9 Å². The predicted molar refractivity (Wildman–Crippen MR) is 104 cm³/mol. The third kappa shape index (κ3) is 3.14. The van der Waals surface area contributed by atoms with Crippen molar-refractivity contribution in [2.75, 3.05) is 39.3 Å². The van der Waals surface area contributed by atoms with Crippen LogP contribution in [0, 0.1) is 0 Å². The fourth-order valence-corrected chi connectivity index (χ4v) is 3.50. The van der Waals surface area contributed by atoms with E-state index in [0.29, 0.717) is 23.0 Å². The fraction of sp³-hybridized carbons (Fsp3) is 0.429. The molecule has 0 aliphatic carbocycles. The molecule has 0 saturated heterocycles. The predicted octanol–water partition coefficient (Wildman–Crippen LogP) is 4.45. The van der Waals surface area contributed by atoms with Crippen LogP contribution in [0.15, 0.2) is 24.3 Å². The van der Waals surface area contributed by atoms with Gasteiger partial charge in [0.25, 0.3) is 0 Å². The molecule has 1 aliphatic rings. The quantitative estimate of drug-likeness (QED) is 0.764. The number of nitrogens with zero attached hydrogens (tertiary/aromatic N) is 1. The summed E-state index contributed by atoms with van der Waals surface area (Å²) in [6.45, 7) is 6.31. The minimum atomic E-state index is 0.553. The SMILES string of the molecule is CCN(CC)c1ccc2c(c1)CCc1cc(OC)c(OC)c(OC)c1O2. The van der Waals surface area contributed by atoms with Gasteiger partial charge >= 0.3 is 0 Å². The summed E-state index contributed by atoms with van der Waals surface area (Å²) in [5, 5.41) is 0. The fourth-order valence-electron chi connectivity index (χ4n) is 3.50. The summed E-state index contributed by atoms with van der Waals surface area (Å²) in [6, 6.07) is 8.38. The first-order valence-electron chi connectivity index (χ1n) is 9.04. The van der Waals surface area contributed by atoms with Gasteiger partial charge in [-0.05, 0) is 56.5 Å². The van der Waals surface area contributed by atoms with Crippen molar-refractivity contribution in [2.45, 2.75) is 26.7 Å². The third-order valence-corrected chi connectivity index (χ3v) is 4.91. The summed E-state index contributed by atoms with van der Waals surface area (Å²) < 4.78 is 22.9. The molecule has 0 fully saturated rings. The molecule has 0 unspecified atom stereocenters. The number of hydrogen-bond acceptors (Lipinski definition) is 5. The van der Waals surface area contributed by atoms with E-state index in [4.69, 9.17) is 18.9 Å². The first-order chi connectivity index (χ1) is 12.7. The second-order valence-corrected chi connectivity index (χ2v) is 6.20. The molecule has 3 rings (SSSR count). The maximum Gasteiger partial charge on any atom is 0.208 e. The highest BCUT2D eigenvalue weighted by Crippen LogP contribution is 2.50. The second kappa shape index (κ2) is 7.77. The Balaban J connectivity index is 2.06. The minimum Gasteiger partial charge on any atom is -0.493 e. The summed E-state index contributed by atoms with van der Waals surface area (Å²) >= 11 is 0. The Labute approximate surface area is 155 Å². The van der Waals surface area contributed by atoms with E-state index < -0.39 is 0 Å². The first kappa shape index (κ1) is 18.2. The molecule has 2 aromatic carbocycles. The maximum absolute atomic E-state index is 6.29. The molecule has 0 N–H and O–H groups in total. The average molecular weight is 357 g/mol. The van der Waals surface area contributed by atoms with Crippen molar-refractivity contribution < 1.29 is 18.9 Å². The average Bonchev–Trinajstić information content (AvgIpc) is 2.86. The van der Waals surface area contributed by atoms with Gasteiger partial charge in [-0.15, -0.1) is 0 Å². The number of aryl methyl sites for hydroxylation is 2. The van der Waals surface area contributed by atoms with Gasteiger partial charge in [-0.1, -0.05) is 0 Å². The molecule has 0 radical (unpaired) electrons. The largest absolute Gasteiger partial charge is 0.493 e. The van der Waals surface area contributed by atoms with Gasteiger partial charge in [0.2, 0.25) is 11.5 Å². The molecule has 1 heterocycles. The molecule has 0 aromatic heterocycles. The Hall–Kier alpha value is -2.56. The zero-order chi connectivity index (χ0) is 18.7. The normalized spacial score (nSPS) is 12.3. The van der Waals surface area contributed by atoms with Crippen molar-refractivity contribution in [3.05, 3.63) is 35.4 Å². The summed E-state index contributed by atoms with van der Waals surface area (Å²) in [7, 11) is 4.86. The lowest BCUT2D eigenvalue weighted by Crippen LogP contribution is -2.21. The van der Waals surface area contributed by atoms with E-state index in [0.717, 1.165) is 37.2 Å². The van der Waals surface area contributed by atoms with Crippen molar-refractivity contribution in [3.63, 3.8) is 0 Å². The molecule has 140 valence electrons. The molecule has 26 heavy (non-hydrogen) atoms. The van der Waals surface area contributed by atoms with Crippen LogP contribution in [0.5, 0.6) is 28.7 Å². The Kier molecular flexibility index (Phi) is 5.45. The van der Waals surface area contributed by atoms with E-state index >= 15 is 0 Å². The maximum atomic E-state index is 6.29. The minimum absolute atomic E-state index is 0.553. The van der Waals surface area contributed by atoms with Crippen molar-refractivity contribution in [3.8, 4) is 28.7 Å². The Morgan fingerprint density at radius 1 is 0.885 bits per heavy atom. The van der Waals surface area contributed by atoms with Crippen LogP contribution in [0.4, 0.5) is 5.69 Å². The van der Waals surface area contributed by atoms with Crippen LogP contribution in [-0.4, -0.2) is 34.4 Å². The Bertz CT molecular complexity index is 784. The Morgan fingerprint density at radius 2 is 1.58 bits per heavy atom. The van der Waals surface area contributed by atoms with E-state index in [-0.39, 0.29) is 0 Å². The lowest BCUT2D eigenvalue weighted by molar-refractivity contribution is 0.312. The van der Waals surface area contributed by atoms with Crippen molar-refractivity contribution in [2.24, 2.45) is 0 Å². The molecule has 1 aliphatic heterocycles. The highest BCUT2D eigenvalue weighted by atomic mass is 16.5. The monoisotopic (exact) mass is 357 g/mol. The molecular weight excluding hydrogens is 330 g/mol. The van der Waals surface area contributed by atoms with Crippen LogP contribution < -0.4 is 23.8 Å². The molecule has 5 nitrogen and oxygen atoms in total. The van der Waals surface area contributed by atoms with Crippen LogP contribution in [0.25, 0.3) is 0 Å². The van der Waals surface area contributed by atoms with E-state index in [9.17, 15) is 0 Å². The number of fused-ring (bicyclic) bond motifs is 2. The number of hydrogen-bond donors (Lipinski definition) is 0. The molecular formula is C21H27NO4. The van der Waals surface area contributed by atoms with Crippen LogP contribution in [0.1, 0.15) is 25.0 Å². The molecule has 0 atom stereocenters. The summed E-state index contributed by atoms with van der Waals surface area (Å²) in [5.74, 6) is 3.35. The van der Waals surface area contributed by atoms with Crippen molar-refractivity contribution in [1.29, 1.82) is 0 Å². The lowest BCUT2D eigenvalue weighted by Gasteiger charge is -2.22. The van der Waals surface area contributed by atoms with Gasteiger partial charge in [-0.2, -0.15) is 0 Å². The van der Waals surface area contributed by atoms with Gasteiger partial charge in [0, 0.05) is 24.3 Å². The van der Waals surface area contributed by atoms with E-state index in [1.807, 2.05) is 12.1 Å².